The van der Waals surface area contributed by atoms with E-state index < -0.39 is 0 Å². The number of aromatic nitrogens is 2. The molecule has 90 valence electrons. The number of nitrogens with zero attached hydrogens (tertiary/aromatic N) is 2. The third kappa shape index (κ3) is 3.87. The molecule has 2 aromatic rings. The van der Waals surface area contributed by atoms with E-state index in [0.717, 1.165) is 24.2 Å². The van der Waals surface area contributed by atoms with Crippen LogP contribution in [0.2, 0.25) is 0 Å². The summed E-state index contributed by atoms with van der Waals surface area (Å²) in [6, 6.07) is 6.94. The molecule has 0 radical (unpaired) electrons. The van der Waals surface area contributed by atoms with Crippen LogP contribution in [0.25, 0.3) is 0 Å². The summed E-state index contributed by atoms with van der Waals surface area (Å²) in [4.78, 5) is 0. The zero-order valence-electron chi connectivity index (χ0n) is 9.56. The normalized spacial score (nSPS) is 12.6. The Kier molecular flexibility index (Phi) is 4.17. The molecule has 1 N–H and O–H groups in total. The predicted molar refractivity (Wildman–Crippen MR) is 66.3 cm³/mol. The fourth-order valence-electron chi connectivity index (χ4n) is 1.59. The van der Waals surface area contributed by atoms with Gasteiger partial charge in [-0.1, -0.05) is 16.6 Å². The van der Waals surface area contributed by atoms with Crippen molar-refractivity contribution in [2.75, 3.05) is 0 Å². The summed E-state index contributed by atoms with van der Waals surface area (Å²) in [6.45, 7) is 2.82. The van der Waals surface area contributed by atoms with E-state index in [1.165, 1.54) is 23.7 Å². The van der Waals surface area contributed by atoms with E-state index in [4.69, 9.17) is 0 Å². The van der Waals surface area contributed by atoms with Crippen molar-refractivity contribution in [1.29, 1.82) is 0 Å². The Bertz CT molecular complexity index is 441. The number of hydrogen-bond donors (Lipinski definition) is 1. The first-order valence-corrected chi connectivity index (χ1v) is 6.31. The van der Waals surface area contributed by atoms with Crippen LogP contribution in [0.1, 0.15) is 18.2 Å². The Labute approximate surface area is 104 Å². The lowest BCUT2D eigenvalue weighted by atomic mass is 10.1. The third-order valence-electron chi connectivity index (χ3n) is 2.49. The minimum Gasteiger partial charge on any atom is -0.308 e. The molecule has 0 saturated carbocycles. The molecule has 1 heterocycles. The van der Waals surface area contributed by atoms with Crippen LogP contribution in [0.5, 0.6) is 0 Å². The van der Waals surface area contributed by atoms with Gasteiger partial charge in [0.05, 0.1) is 5.69 Å². The minimum absolute atomic E-state index is 0.192. The monoisotopic (exact) mass is 251 g/mol. The summed E-state index contributed by atoms with van der Waals surface area (Å²) < 4.78 is 16.5. The van der Waals surface area contributed by atoms with Crippen molar-refractivity contribution in [3.05, 3.63) is 46.7 Å². The van der Waals surface area contributed by atoms with Gasteiger partial charge in [-0.15, -0.1) is 5.10 Å². The van der Waals surface area contributed by atoms with Crippen LogP contribution < -0.4 is 5.32 Å². The fourth-order valence-corrected chi connectivity index (χ4v) is 2.04. The van der Waals surface area contributed by atoms with Crippen LogP contribution in [-0.4, -0.2) is 15.6 Å². The Morgan fingerprint density at radius 1 is 1.35 bits per heavy atom. The van der Waals surface area contributed by atoms with Crippen molar-refractivity contribution in [1.82, 2.24) is 14.9 Å². The van der Waals surface area contributed by atoms with Gasteiger partial charge < -0.3 is 5.32 Å². The van der Waals surface area contributed by atoms with Gasteiger partial charge in [0, 0.05) is 18.0 Å². The molecular formula is C12H14FN3S. The molecule has 0 bridgehead atoms. The Morgan fingerprint density at radius 3 is 2.76 bits per heavy atom. The molecule has 0 aliphatic carbocycles. The van der Waals surface area contributed by atoms with Gasteiger partial charge in [0.1, 0.15) is 5.82 Å². The molecular weight excluding hydrogens is 237 g/mol. The molecule has 1 atom stereocenters. The summed E-state index contributed by atoms with van der Waals surface area (Å²) >= 11 is 1.35. The summed E-state index contributed by atoms with van der Waals surface area (Å²) in [5, 5.41) is 9.25. The Balaban J connectivity index is 1.80. The van der Waals surface area contributed by atoms with Crippen LogP contribution in [0, 0.1) is 5.82 Å². The highest BCUT2D eigenvalue weighted by Crippen LogP contribution is 2.06. The van der Waals surface area contributed by atoms with Crippen LogP contribution in [-0.2, 0) is 13.0 Å². The van der Waals surface area contributed by atoms with Crippen molar-refractivity contribution < 1.29 is 4.39 Å². The van der Waals surface area contributed by atoms with Crippen molar-refractivity contribution in [3.63, 3.8) is 0 Å². The largest absolute Gasteiger partial charge is 0.308 e. The van der Waals surface area contributed by atoms with Gasteiger partial charge in [0.25, 0.3) is 0 Å². The molecule has 1 aromatic carbocycles. The molecule has 1 aromatic heterocycles. The molecule has 17 heavy (non-hydrogen) atoms. The second-order valence-corrected chi connectivity index (χ2v) is 4.62. The average Bonchev–Trinajstić information content (AvgIpc) is 2.83. The first-order valence-electron chi connectivity index (χ1n) is 5.48. The smallest absolute Gasteiger partial charge is 0.123 e. The van der Waals surface area contributed by atoms with E-state index >= 15 is 0 Å². The zero-order chi connectivity index (χ0) is 12.1. The van der Waals surface area contributed by atoms with Crippen LogP contribution in [0.4, 0.5) is 4.39 Å². The van der Waals surface area contributed by atoms with Gasteiger partial charge in [-0.2, -0.15) is 0 Å². The van der Waals surface area contributed by atoms with E-state index in [9.17, 15) is 4.39 Å². The highest BCUT2D eigenvalue weighted by molar-refractivity contribution is 7.03. The average molecular weight is 251 g/mol. The standard InChI is InChI=1S/C12H14FN3S/c1-9(14-7-12-8-17-16-15-12)6-10-2-4-11(13)5-3-10/h2-5,8-9,14H,6-7H2,1H3. The minimum atomic E-state index is -0.192. The summed E-state index contributed by atoms with van der Waals surface area (Å²) in [7, 11) is 0. The molecule has 3 nitrogen and oxygen atoms in total. The van der Waals surface area contributed by atoms with Gasteiger partial charge in [-0.05, 0) is 42.6 Å². The number of benzene rings is 1. The quantitative estimate of drug-likeness (QED) is 0.886. The van der Waals surface area contributed by atoms with Gasteiger partial charge in [-0.3, -0.25) is 0 Å². The lowest BCUT2D eigenvalue weighted by Gasteiger charge is -2.12. The fraction of sp³-hybridized carbons (Fsp3) is 0.333. The van der Waals surface area contributed by atoms with E-state index in [1.54, 1.807) is 0 Å². The summed E-state index contributed by atoms with van der Waals surface area (Å²) in [5.74, 6) is -0.192. The van der Waals surface area contributed by atoms with Crippen molar-refractivity contribution in [2.24, 2.45) is 0 Å². The molecule has 0 spiro atoms. The van der Waals surface area contributed by atoms with Crippen LogP contribution >= 0.6 is 11.5 Å². The van der Waals surface area contributed by atoms with E-state index in [0.29, 0.717) is 6.04 Å². The maximum atomic E-state index is 12.7. The Morgan fingerprint density at radius 2 is 2.12 bits per heavy atom. The predicted octanol–water partition coefficient (Wildman–Crippen LogP) is 2.40. The van der Waals surface area contributed by atoms with Gasteiger partial charge in [0.15, 0.2) is 0 Å². The van der Waals surface area contributed by atoms with Crippen molar-refractivity contribution in [3.8, 4) is 0 Å². The van der Waals surface area contributed by atoms with E-state index in [1.807, 2.05) is 17.5 Å². The van der Waals surface area contributed by atoms with Crippen LogP contribution in [0.3, 0.4) is 0 Å². The second-order valence-electron chi connectivity index (χ2n) is 4.01. The lowest BCUT2D eigenvalue weighted by molar-refractivity contribution is 0.538. The lowest BCUT2D eigenvalue weighted by Crippen LogP contribution is -2.27. The topological polar surface area (TPSA) is 37.8 Å². The summed E-state index contributed by atoms with van der Waals surface area (Å²) in [5.41, 5.74) is 2.09. The molecule has 1 unspecified atom stereocenters. The second kappa shape index (κ2) is 5.84. The van der Waals surface area contributed by atoms with Gasteiger partial charge >= 0.3 is 0 Å². The Hall–Kier alpha value is -1.33. The summed E-state index contributed by atoms with van der Waals surface area (Å²) in [6.07, 6.45) is 0.873. The number of rotatable bonds is 5. The SMILES string of the molecule is CC(Cc1ccc(F)cc1)NCc1csnn1. The number of halogens is 1. The maximum Gasteiger partial charge on any atom is 0.123 e. The highest BCUT2D eigenvalue weighted by Gasteiger charge is 2.04. The number of hydrogen-bond acceptors (Lipinski definition) is 4. The first-order chi connectivity index (χ1) is 8.24. The van der Waals surface area contributed by atoms with Gasteiger partial charge in [-0.25, -0.2) is 4.39 Å². The maximum absolute atomic E-state index is 12.7. The van der Waals surface area contributed by atoms with Crippen LogP contribution in [0.15, 0.2) is 29.6 Å². The van der Waals surface area contributed by atoms with E-state index in [2.05, 4.69) is 21.8 Å². The van der Waals surface area contributed by atoms with E-state index in [-0.39, 0.29) is 5.82 Å². The molecule has 0 saturated heterocycles. The molecule has 0 aliphatic rings. The molecule has 0 aliphatic heterocycles. The molecule has 0 amide bonds. The number of nitrogens with one attached hydrogen (secondary N) is 1. The van der Waals surface area contributed by atoms with Crippen molar-refractivity contribution >= 4 is 11.5 Å². The zero-order valence-corrected chi connectivity index (χ0v) is 10.4. The highest BCUT2D eigenvalue weighted by atomic mass is 32.1. The first kappa shape index (κ1) is 12.1. The molecule has 0 fully saturated rings. The molecule has 5 heteroatoms. The van der Waals surface area contributed by atoms with Crippen molar-refractivity contribution in [2.45, 2.75) is 25.9 Å². The van der Waals surface area contributed by atoms with Gasteiger partial charge in [0.2, 0.25) is 0 Å². The molecule has 2 rings (SSSR count). The third-order valence-corrected chi connectivity index (χ3v) is 3.05.